The molecule has 1 fully saturated rings. The summed E-state index contributed by atoms with van der Waals surface area (Å²) in [6.07, 6.45) is 0.778. The minimum atomic E-state index is -2.52. The van der Waals surface area contributed by atoms with Gasteiger partial charge in [0.2, 0.25) is 10.2 Å². The average Bonchev–Trinajstić information content (AvgIpc) is 2.39. The van der Waals surface area contributed by atoms with E-state index >= 15 is 0 Å². The van der Waals surface area contributed by atoms with Gasteiger partial charge in [0.05, 0.1) is 6.04 Å². The fourth-order valence-corrected chi connectivity index (χ4v) is 3.36. The maximum Gasteiger partial charge on any atom is 0.215 e. The summed E-state index contributed by atoms with van der Waals surface area (Å²) < 4.78 is 20.9. The Balaban J connectivity index is 2.09. The van der Waals surface area contributed by atoms with E-state index in [9.17, 15) is 8.76 Å². The van der Waals surface area contributed by atoms with Crippen LogP contribution in [0.5, 0.6) is 0 Å². The third-order valence-electron chi connectivity index (χ3n) is 2.08. The Kier molecular flexibility index (Phi) is 4.78. The Hall–Kier alpha value is 0.310. The molecule has 1 aliphatic rings. The van der Waals surface area contributed by atoms with E-state index in [-0.39, 0.29) is 6.04 Å². The minimum Gasteiger partial charge on any atom is -0.370 e. The number of hydrogen-bond donors (Lipinski definition) is 4. The van der Waals surface area contributed by atoms with Crippen molar-refractivity contribution in [1.29, 1.82) is 0 Å². The summed E-state index contributed by atoms with van der Waals surface area (Å²) >= 11 is 8.63. The highest BCUT2D eigenvalue weighted by Gasteiger charge is 2.37. The molecule has 14 heavy (non-hydrogen) atoms. The Labute approximate surface area is 95.9 Å². The molecule has 1 saturated heterocycles. The van der Waals surface area contributed by atoms with Gasteiger partial charge < -0.3 is 10.6 Å². The van der Waals surface area contributed by atoms with Gasteiger partial charge in [0.1, 0.15) is 10.1 Å². The Morgan fingerprint density at radius 2 is 2.36 bits per heavy atom. The first-order valence-electron chi connectivity index (χ1n) is 4.42. The molecule has 0 bridgehead atoms. The maximum absolute atomic E-state index is 11.2. The molecule has 4 nitrogen and oxygen atoms in total. The van der Waals surface area contributed by atoms with Gasteiger partial charge in [0.15, 0.2) is 5.75 Å². The second kappa shape index (κ2) is 5.41. The van der Waals surface area contributed by atoms with Crippen molar-refractivity contribution in [2.75, 3.05) is 24.6 Å². The highest BCUT2D eigenvalue weighted by molar-refractivity contribution is 8.11. The van der Waals surface area contributed by atoms with Crippen LogP contribution in [0.1, 0.15) is 6.42 Å². The second-order valence-corrected chi connectivity index (χ2v) is 6.76. The highest BCUT2D eigenvalue weighted by Crippen LogP contribution is 2.15. The highest BCUT2D eigenvalue weighted by atomic mass is 32.3. The SMILES string of the molecule is O=[S+]1(O)CC[C@H](NCCNC(=S)S)C1. The van der Waals surface area contributed by atoms with Crippen LogP contribution in [0, 0.1) is 0 Å². The van der Waals surface area contributed by atoms with Crippen LogP contribution in [-0.4, -0.2) is 39.5 Å². The van der Waals surface area contributed by atoms with Gasteiger partial charge in [-0.3, -0.25) is 0 Å². The number of thiocarbonyl (C=S) groups is 1. The van der Waals surface area contributed by atoms with Crippen LogP contribution in [0.4, 0.5) is 0 Å². The summed E-state index contributed by atoms with van der Waals surface area (Å²) in [6.45, 7) is 1.44. The molecule has 3 N–H and O–H groups in total. The third-order valence-corrected chi connectivity index (χ3v) is 4.18. The summed E-state index contributed by atoms with van der Waals surface area (Å²) in [4.78, 5) is 0. The summed E-state index contributed by atoms with van der Waals surface area (Å²) in [5.74, 6) is 0.793. The van der Waals surface area contributed by atoms with Gasteiger partial charge in [-0.25, -0.2) is 0 Å². The van der Waals surface area contributed by atoms with E-state index in [0.717, 1.165) is 13.0 Å². The fourth-order valence-electron chi connectivity index (χ4n) is 1.41. The van der Waals surface area contributed by atoms with Crippen molar-refractivity contribution >= 4 is 39.4 Å². The van der Waals surface area contributed by atoms with E-state index in [2.05, 4.69) is 23.3 Å². The van der Waals surface area contributed by atoms with Crippen LogP contribution in [0.15, 0.2) is 0 Å². The Morgan fingerprint density at radius 1 is 1.64 bits per heavy atom. The predicted octanol–water partition coefficient (Wildman–Crippen LogP) is 0.125. The van der Waals surface area contributed by atoms with Crippen LogP contribution in [0.2, 0.25) is 0 Å². The van der Waals surface area contributed by atoms with E-state index in [1.54, 1.807) is 0 Å². The van der Waals surface area contributed by atoms with Crippen LogP contribution < -0.4 is 10.6 Å². The topological polar surface area (TPSA) is 61.4 Å². The van der Waals surface area contributed by atoms with Gasteiger partial charge in [-0.15, -0.1) is 12.6 Å². The average molecular weight is 255 g/mol. The zero-order valence-corrected chi connectivity index (χ0v) is 10.3. The molecule has 1 heterocycles. The second-order valence-electron chi connectivity index (χ2n) is 3.32. The summed E-state index contributed by atoms with van der Waals surface area (Å²) in [5, 5.41) is 6.09. The van der Waals surface area contributed by atoms with Crippen molar-refractivity contribution in [1.82, 2.24) is 10.6 Å². The smallest absolute Gasteiger partial charge is 0.215 e. The van der Waals surface area contributed by atoms with Crippen LogP contribution in [0.25, 0.3) is 0 Å². The van der Waals surface area contributed by atoms with Crippen molar-refractivity contribution in [2.45, 2.75) is 12.5 Å². The lowest BCUT2D eigenvalue weighted by Gasteiger charge is -2.09. The van der Waals surface area contributed by atoms with Crippen LogP contribution >= 0.6 is 24.8 Å². The van der Waals surface area contributed by atoms with Crippen molar-refractivity contribution in [2.24, 2.45) is 0 Å². The molecule has 0 radical (unpaired) electrons. The third kappa shape index (κ3) is 4.70. The molecular formula is C7H15N2O2S3+. The summed E-state index contributed by atoms with van der Waals surface area (Å²) in [5.41, 5.74) is 0. The molecule has 1 aliphatic heterocycles. The van der Waals surface area contributed by atoms with Gasteiger partial charge >= 0.3 is 0 Å². The first kappa shape index (κ1) is 12.4. The van der Waals surface area contributed by atoms with Gasteiger partial charge in [0.25, 0.3) is 0 Å². The molecule has 0 amide bonds. The van der Waals surface area contributed by atoms with Crippen LogP contribution in [-0.2, 0) is 14.4 Å². The monoisotopic (exact) mass is 255 g/mol. The molecule has 2 atom stereocenters. The fraction of sp³-hybridized carbons (Fsp3) is 0.857. The number of thiol groups is 1. The largest absolute Gasteiger partial charge is 0.370 e. The molecule has 7 heteroatoms. The summed E-state index contributed by atoms with van der Waals surface area (Å²) in [6, 6.07) is 0.169. The number of hydrogen-bond acceptors (Lipinski definition) is 3. The molecule has 82 valence electrons. The normalized spacial score (nSPS) is 31.7. The molecule has 1 unspecified atom stereocenters. The lowest BCUT2D eigenvalue weighted by atomic mass is 10.3. The van der Waals surface area contributed by atoms with E-state index in [1.165, 1.54) is 0 Å². The Morgan fingerprint density at radius 3 is 2.86 bits per heavy atom. The molecule has 0 aromatic heterocycles. The van der Waals surface area contributed by atoms with Gasteiger partial charge in [-0.1, -0.05) is 16.4 Å². The molecule has 0 aromatic carbocycles. The van der Waals surface area contributed by atoms with Crippen molar-refractivity contribution in [3.8, 4) is 0 Å². The first-order chi connectivity index (χ1) is 6.49. The summed E-state index contributed by atoms with van der Waals surface area (Å²) in [7, 11) is -2.52. The van der Waals surface area contributed by atoms with Crippen molar-refractivity contribution in [3.05, 3.63) is 0 Å². The lowest BCUT2D eigenvalue weighted by Crippen LogP contribution is -2.36. The molecular weight excluding hydrogens is 240 g/mol. The van der Waals surface area contributed by atoms with Crippen LogP contribution in [0.3, 0.4) is 0 Å². The van der Waals surface area contributed by atoms with E-state index in [0.29, 0.717) is 22.4 Å². The van der Waals surface area contributed by atoms with E-state index in [1.807, 2.05) is 0 Å². The molecule has 0 saturated carbocycles. The van der Waals surface area contributed by atoms with E-state index < -0.39 is 10.2 Å². The first-order valence-corrected chi connectivity index (χ1v) is 7.13. The standard InChI is InChI=1S/C7H14N2O2S3/c10-14(11)4-1-6(5-14)8-2-3-9-7(12)13/h6,8H,1-5H2,(H2-,9,10,11,12,13)/p+1/t6-/m0/s1. The van der Waals surface area contributed by atoms with Crippen molar-refractivity contribution in [3.63, 3.8) is 0 Å². The quantitative estimate of drug-likeness (QED) is 0.249. The zero-order valence-electron chi connectivity index (χ0n) is 7.73. The molecule has 0 spiro atoms. The van der Waals surface area contributed by atoms with Crippen molar-refractivity contribution < 1.29 is 8.76 Å². The minimum absolute atomic E-state index is 0.169. The van der Waals surface area contributed by atoms with Gasteiger partial charge in [-0.05, 0) is 0 Å². The molecule has 1 rings (SSSR count). The van der Waals surface area contributed by atoms with Gasteiger partial charge in [0, 0.05) is 19.5 Å². The Bertz CT molecular complexity index is 259. The maximum atomic E-state index is 11.2. The molecule has 0 aromatic rings. The number of nitrogens with one attached hydrogen (secondary N) is 2. The lowest BCUT2D eigenvalue weighted by molar-refractivity contribution is 0.500. The van der Waals surface area contributed by atoms with E-state index in [4.69, 9.17) is 12.2 Å². The van der Waals surface area contributed by atoms with Gasteiger partial charge in [-0.2, -0.15) is 4.55 Å². The number of rotatable bonds is 4. The predicted molar refractivity (Wildman–Crippen MR) is 66.4 cm³/mol. The zero-order chi connectivity index (χ0) is 10.6. The molecule has 0 aliphatic carbocycles.